The molecule has 1 unspecified atom stereocenters. The maximum absolute atomic E-state index is 11.2. The highest BCUT2D eigenvalue weighted by Crippen LogP contribution is 2.15. The smallest absolute Gasteiger partial charge is 0.238 e. The summed E-state index contributed by atoms with van der Waals surface area (Å²) >= 11 is 0. The van der Waals surface area contributed by atoms with Crippen molar-refractivity contribution >= 4 is 10.0 Å². The number of rotatable bonds is 8. The first-order chi connectivity index (χ1) is 9.30. The molecular weight excluding hydrogens is 276 g/mol. The Morgan fingerprint density at radius 3 is 2.50 bits per heavy atom. The van der Waals surface area contributed by atoms with E-state index in [1.54, 1.807) is 12.1 Å². The van der Waals surface area contributed by atoms with Crippen LogP contribution in [-0.2, 0) is 14.8 Å². The lowest BCUT2D eigenvalue weighted by Crippen LogP contribution is -2.23. The van der Waals surface area contributed by atoms with Gasteiger partial charge >= 0.3 is 0 Å². The molecule has 20 heavy (non-hydrogen) atoms. The highest BCUT2D eigenvalue weighted by atomic mass is 32.2. The zero-order valence-corrected chi connectivity index (χ0v) is 12.7. The van der Waals surface area contributed by atoms with Crippen molar-refractivity contribution in [3.8, 4) is 0 Å². The number of hydrogen-bond donors (Lipinski definition) is 2. The van der Waals surface area contributed by atoms with E-state index in [0.717, 1.165) is 11.1 Å². The third kappa shape index (κ3) is 5.83. The Labute approximate surface area is 120 Å². The Hall–Kier alpha value is -1.21. The van der Waals surface area contributed by atoms with E-state index in [4.69, 9.17) is 9.88 Å². The fraction of sp³-hybridized carbons (Fsp3) is 0.429. The van der Waals surface area contributed by atoms with Crippen LogP contribution in [0.5, 0.6) is 0 Å². The van der Waals surface area contributed by atoms with Crippen LogP contribution >= 0.6 is 0 Å². The molecule has 0 aliphatic carbocycles. The molecule has 1 atom stereocenters. The normalized spacial score (nSPS) is 13.2. The van der Waals surface area contributed by atoms with Crippen molar-refractivity contribution in [2.75, 3.05) is 19.8 Å². The molecule has 6 heteroatoms. The van der Waals surface area contributed by atoms with Crippen molar-refractivity contribution in [1.29, 1.82) is 0 Å². The summed E-state index contributed by atoms with van der Waals surface area (Å²) in [7, 11) is -3.63. The summed E-state index contributed by atoms with van der Waals surface area (Å²) in [5, 5.41) is 8.35. The summed E-state index contributed by atoms with van der Waals surface area (Å²) in [4.78, 5) is 0.123. The van der Waals surface area contributed by atoms with Gasteiger partial charge in [-0.3, -0.25) is 0 Å². The molecule has 0 fully saturated rings. The fourth-order valence-corrected chi connectivity index (χ4v) is 2.17. The van der Waals surface area contributed by atoms with Gasteiger partial charge in [0.25, 0.3) is 0 Å². The fourth-order valence-electron chi connectivity index (χ4n) is 1.66. The summed E-state index contributed by atoms with van der Waals surface area (Å²) in [5.41, 5.74) is 1.99. The van der Waals surface area contributed by atoms with Gasteiger partial charge in [-0.1, -0.05) is 24.3 Å². The van der Waals surface area contributed by atoms with Gasteiger partial charge in [0.1, 0.15) is 0 Å². The maximum Gasteiger partial charge on any atom is 0.238 e. The van der Waals surface area contributed by atoms with Crippen LogP contribution in [0.15, 0.2) is 41.3 Å². The molecule has 0 heterocycles. The van der Waals surface area contributed by atoms with E-state index in [1.165, 1.54) is 12.1 Å². The highest BCUT2D eigenvalue weighted by Gasteiger charge is 2.09. The number of hydrogen-bond acceptors (Lipinski definition) is 4. The van der Waals surface area contributed by atoms with E-state index < -0.39 is 10.0 Å². The molecule has 0 amide bonds. The molecule has 5 nitrogen and oxygen atoms in total. The van der Waals surface area contributed by atoms with Gasteiger partial charge in [0, 0.05) is 12.6 Å². The minimum atomic E-state index is -3.63. The van der Waals surface area contributed by atoms with Crippen molar-refractivity contribution in [1.82, 2.24) is 5.32 Å². The monoisotopic (exact) mass is 298 g/mol. The second kappa shape index (κ2) is 7.54. The summed E-state index contributed by atoms with van der Waals surface area (Å²) in [5.74, 6) is 0. The Balaban J connectivity index is 2.44. The Bertz CT molecular complexity index is 538. The predicted molar refractivity (Wildman–Crippen MR) is 79.9 cm³/mol. The van der Waals surface area contributed by atoms with Crippen molar-refractivity contribution in [2.24, 2.45) is 5.14 Å². The number of ether oxygens (including phenoxy) is 1. The number of nitrogens with two attached hydrogens (primary N) is 1. The zero-order chi connectivity index (χ0) is 15.2. The maximum atomic E-state index is 11.2. The van der Waals surface area contributed by atoms with Gasteiger partial charge in [-0.05, 0) is 31.5 Å². The van der Waals surface area contributed by atoms with Crippen molar-refractivity contribution in [2.45, 2.75) is 24.8 Å². The molecule has 1 aromatic carbocycles. The van der Waals surface area contributed by atoms with Crippen molar-refractivity contribution in [3.63, 3.8) is 0 Å². The Morgan fingerprint density at radius 2 is 2.00 bits per heavy atom. The molecule has 0 aliphatic heterocycles. The van der Waals surface area contributed by atoms with E-state index in [-0.39, 0.29) is 10.9 Å². The number of sulfonamides is 1. The topological polar surface area (TPSA) is 81.4 Å². The van der Waals surface area contributed by atoms with E-state index in [1.807, 2.05) is 13.8 Å². The van der Waals surface area contributed by atoms with Crippen molar-refractivity contribution < 1.29 is 13.2 Å². The summed E-state index contributed by atoms with van der Waals surface area (Å²) in [6, 6.07) is 6.65. The molecule has 0 aliphatic rings. The van der Waals surface area contributed by atoms with Crippen LogP contribution in [0.4, 0.5) is 0 Å². The lowest BCUT2D eigenvalue weighted by molar-refractivity contribution is 0.156. The van der Waals surface area contributed by atoms with Crippen LogP contribution in [-0.4, -0.2) is 28.2 Å². The molecule has 0 bridgehead atoms. The average Bonchev–Trinajstić information content (AvgIpc) is 2.37. The number of nitrogens with one attached hydrogen (secondary N) is 1. The second-order valence-electron chi connectivity index (χ2n) is 4.80. The minimum Gasteiger partial charge on any atom is -0.376 e. The molecule has 3 N–H and O–H groups in total. The quantitative estimate of drug-likeness (QED) is 0.564. The van der Waals surface area contributed by atoms with E-state index in [9.17, 15) is 8.42 Å². The lowest BCUT2D eigenvalue weighted by Gasteiger charge is -2.14. The lowest BCUT2D eigenvalue weighted by atomic mass is 10.1. The highest BCUT2D eigenvalue weighted by molar-refractivity contribution is 7.89. The van der Waals surface area contributed by atoms with Crippen LogP contribution in [0, 0.1) is 0 Å². The van der Waals surface area contributed by atoms with Crippen LogP contribution in [0.25, 0.3) is 0 Å². The third-order valence-electron chi connectivity index (χ3n) is 2.75. The minimum absolute atomic E-state index is 0.109. The number of primary sulfonamides is 1. The van der Waals surface area contributed by atoms with Gasteiger partial charge in [0.05, 0.1) is 18.1 Å². The van der Waals surface area contributed by atoms with Crippen LogP contribution < -0.4 is 10.5 Å². The zero-order valence-electron chi connectivity index (χ0n) is 11.9. The van der Waals surface area contributed by atoms with Crippen molar-refractivity contribution in [3.05, 3.63) is 42.0 Å². The first-order valence-electron chi connectivity index (χ1n) is 6.39. The Morgan fingerprint density at radius 1 is 1.40 bits per heavy atom. The molecular formula is C14H22N2O3S. The SMILES string of the molecule is C=C(C)COCCNC(C)c1ccc(S(N)(=O)=O)cc1. The number of benzene rings is 1. The van der Waals surface area contributed by atoms with E-state index in [0.29, 0.717) is 19.8 Å². The summed E-state index contributed by atoms with van der Waals surface area (Å²) in [6.45, 7) is 9.57. The molecule has 0 radical (unpaired) electrons. The van der Waals surface area contributed by atoms with Crippen LogP contribution in [0.1, 0.15) is 25.5 Å². The molecule has 1 aromatic rings. The molecule has 0 aromatic heterocycles. The summed E-state index contributed by atoms with van der Waals surface area (Å²) in [6.07, 6.45) is 0. The first-order valence-corrected chi connectivity index (χ1v) is 7.93. The van der Waals surface area contributed by atoms with E-state index >= 15 is 0 Å². The van der Waals surface area contributed by atoms with Crippen LogP contribution in [0.3, 0.4) is 0 Å². The largest absolute Gasteiger partial charge is 0.376 e. The molecule has 0 spiro atoms. The average molecular weight is 298 g/mol. The Kier molecular flexibility index (Phi) is 6.35. The van der Waals surface area contributed by atoms with Gasteiger partial charge < -0.3 is 10.1 Å². The predicted octanol–water partition coefficient (Wildman–Crippen LogP) is 1.58. The van der Waals surface area contributed by atoms with Gasteiger partial charge in [-0.25, -0.2) is 13.6 Å². The van der Waals surface area contributed by atoms with Gasteiger partial charge in [-0.15, -0.1) is 0 Å². The summed E-state index contributed by atoms with van der Waals surface area (Å²) < 4.78 is 27.7. The van der Waals surface area contributed by atoms with Gasteiger partial charge in [0.2, 0.25) is 10.0 Å². The molecule has 112 valence electrons. The second-order valence-corrected chi connectivity index (χ2v) is 6.36. The molecule has 0 saturated carbocycles. The van der Waals surface area contributed by atoms with Gasteiger partial charge in [-0.2, -0.15) is 0 Å². The molecule has 1 rings (SSSR count). The standard InChI is InChI=1S/C14H22N2O3S/c1-11(2)10-19-9-8-16-12(3)13-4-6-14(7-5-13)20(15,17)18/h4-7,12,16H,1,8-10H2,2-3H3,(H2,15,17,18). The third-order valence-corrected chi connectivity index (χ3v) is 3.68. The van der Waals surface area contributed by atoms with Gasteiger partial charge in [0.15, 0.2) is 0 Å². The van der Waals surface area contributed by atoms with E-state index in [2.05, 4.69) is 11.9 Å². The van der Waals surface area contributed by atoms with Crippen LogP contribution in [0.2, 0.25) is 0 Å². The first kappa shape index (κ1) is 16.8. The molecule has 0 saturated heterocycles.